The van der Waals surface area contributed by atoms with Crippen molar-refractivity contribution in [3.8, 4) is 0 Å². The smallest absolute Gasteiger partial charge is 0.293 e. The molecule has 0 aliphatic heterocycles. The van der Waals surface area contributed by atoms with Crippen molar-refractivity contribution in [2.24, 2.45) is 0 Å². The number of nitro benzene ring substituents is 1. The molecule has 0 saturated heterocycles. The lowest BCUT2D eigenvalue weighted by Crippen LogP contribution is -2.16. The van der Waals surface area contributed by atoms with Gasteiger partial charge in [0.1, 0.15) is 5.69 Å². The summed E-state index contributed by atoms with van der Waals surface area (Å²) in [6, 6.07) is 4.70. The molecule has 1 N–H and O–H groups in total. The molecule has 1 aromatic carbocycles. The van der Waals surface area contributed by atoms with Crippen molar-refractivity contribution in [1.29, 1.82) is 0 Å². The molecule has 0 spiro atoms. The van der Waals surface area contributed by atoms with Crippen LogP contribution in [-0.2, 0) is 11.3 Å². The van der Waals surface area contributed by atoms with E-state index in [4.69, 9.17) is 0 Å². The monoisotopic (exact) mass is 366 g/mol. The fraction of sp³-hybridized carbons (Fsp3) is 0.286. The molecule has 0 radical (unpaired) electrons. The highest BCUT2D eigenvalue weighted by Gasteiger charge is 2.16. The number of aryl methyl sites for hydroxylation is 2. The first-order valence-corrected chi connectivity index (χ1v) is 7.40. The second-order valence-electron chi connectivity index (χ2n) is 4.88. The predicted octanol–water partition coefficient (Wildman–Crippen LogP) is 3.20. The van der Waals surface area contributed by atoms with E-state index in [9.17, 15) is 14.9 Å². The van der Waals surface area contributed by atoms with Crippen LogP contribution in [0.25, 0.3) is 0 Å². The van der Waals surface area contributed by atoms with Gasteiger partial charge in [0.2, 0.25) is 5.91 Å². The lowest BCUT2D eigenvalue weighted by Gasteiger charge is -2.08. The molecule has 0 unspecified atom stereocenters. The minimum atomic E-state index is -0.503. The second-order valence-corrected chi connectivity index (χ2v) is 5.73. The molecule has 0 saturated carbocycles. The van der Waals surface area contributed by atoms with E-state index in [2.05, 4.69) is 26.3 Å². The van der Waals surface area contributed by atoms with Gasteiger partial charge in [0.05, 0.1) is 22.1 Å². The van der Waals surface area contributed by atoms with E-state index in [1.807, 2.05) is 6.92 Å². The summed E-state index contributed by atoms with van der Waals surface area (Å²) >= 11 is 3.35. The number of aromatic nitrogens is 2. The van der Waals surface area contributed by atoms with Gasteiger partial charge < -0.3 is 5.32 Å². The van der Waals surface area contributed by atoms with E-state index in [1.54, 1.807) is 29.9 Å². The number of halogens is 1. The lowest BCUT2D eigenvalue weighted by atomic mass is 10.2. The number of nitrogens with zero attached hydrogens (tertiary/aromatic N) is 3. The van der Waals surface area contributed by atoms with Gasteiger partial charge in [-0.25, -0.2) is 0 Å². The van der Waals surface area contributed by atoms with E-state index in [1.165, 1.54) is 6.07 Å². The van der Waals surface area contributed by atoms with Crippen molar-refractivity contribution >= 4 is 33.2 Å². The molecule has 1 aromatic heterocycles. The van der Waals surface area contributed by atoms with Crippen molar-refractivity contribution < 1.29 is 9.72 Å². The van der Waals surface area contributed by atoms with E-state index >= 15 is 0 Å². The minimum Gasteiger partial charge on any atom is -0.320 e. The molecular formula is C14H15BrN4O3. The average Bonchev–Trinajstić information content (AvgIpc) is 2.78. The van der Waals surface area contributed by atoms with Crippen LogP contribution in [-0.4, -0.2) is 20.6 Å². The van der Waals surface area contributed by atoms with E-state index in [0.29, 0.717) is 6.54 Å². The first kappa shape index (κ1) is 16.2. The molecule has 7 nitrogen and oxygen atoms in total. The summed E-state index contributed by atoms with van der Waals surface area (Å²) in [4.78, 5) is 22.5. The fourth-order valence-electron chi connectivity index (χ4n) is 1.97. The zero-order valence-electron chi connectivity index (χ0n) is 12.2. The molecule has 22 heavy (non-hydrogen) atoms. The van der Waals surface area contributed by atoms with Gasteiger partial charge in [0.15, 0.2) is 0 Å². The molecule has 1 heterocycles. The number of anilines is 1. The second kappa shape index (κ2) is 6.69. The maximum atomic E-state index is 12.0. The van der Waals surface area contributed by atoms with Crippen LogP contribution >= 0.6 is 15.9 Å². The van der Waals surface area contributed by atoms with Crippen LogP contribution < -0.4 is 5.32 Å². The Morgan fingerprint density at radius 3 is 2.77 bits per heavy atom. The number of amides is 1. The molecule has 0 atom stereocenters. The summed E-state index contributed by atoms with van der Waals surface area (Å²) in [5, 5.41) is 17.7. The van der Waals surface area contributed by atoms with Crippen LogP contribution in [0.1, 0.15) is 17.7 Å². The first-order valence-electron chi connectivity index (χ1n) is 6.61. The zero-order valence-corrected chi connectivity index (χ0v) is 13.8. The normalized spacial score (nSPS) is 10.5. The molecule has 8 heteroatoms. The molecule has 0 bridgehead atoms. The van der Waals surface area contributed by atoms with E-state index in [-0.39, 0.29) is 23.7 Å². The van der Waals surface area contributed by atoms with Crippen molar-refractivity contribution in [3.63, 3.8) is 0 Å². The maximum absolute atomic E-state index is 12.0. The maximum Gasteiger partial charge on any atom is 0.293 e. The van der Waals surface area contributed by atoms with Crippen LogP contribution in [0.3, 0.4) is 0 Å². The highest BCUT2D eigenvalue weighted by Crippen LogP contribution is 2.25. The zero-order chi connectivity index (χ0) is 16.3. The number of nitrogens with one attached hydrogen (secondary N) is 1. The first-order chi connectivity index (χ1) is 10.4. The lowest BCUT2D eigenvalue weighted by molar-refractivity contribution is -0.384. The third kappa shape index (κ3) is 3.70. The Kier molecular flexibility index (Phi) is 4.92. The van der Waals surface area contributed by atoms with Gasteiger partial charge in [-0.15, -0.1) is 0 Å². The molecule has 0 aliphatic carbocycles. The standard InChI is InChI=1S/C14H15BrN4O3/c1-9-3-4-12(13(7-9)19(21)22)17-14(20)5-6-18-10(2)11(15)8-16-18/h3-4,7-8H,5-6H2,1-2H3,(H,17,20). The Morgan fingerprint density at radius 1 is 1.45 bits per heavy atom. The third-order valence-electron chi connectivity index (χ3n) is 3.22. The Labute approximate surface area is 135 Å². The number of carbonyl (C=O) groups excluding carboxylic acids is 1. The highest BCUT2D eigenvalue weighted by atomic mass is 79.9. The molecule has 1 amide bonds. The number of nitro groups is 1. The number of rotatable bonds is 5. The third-order valence-corrected chi connectivity index (χ3v) is 4.00. The number of hydrogen-bond donors (Lipinski definition) is 1. The van der Waals surface area contributed by atoms with Crippen molar-refractivity contribution in [1.82, 2.24) is 9.78 Å². The van der Waals surface area contributed by atoms with Crippen molar-refractivity contribution in [2.45, 2.75) is 26.8 Å². The van der Waals surface area contributed by atoms with Gasteiger partial charge in [-0.1, -0.05) is 6.07 Å². The molecule has 0 fully saturated rings. The molecule has 2 aromatic rings. The van der Waals surface area contributed by atoms with Crippen LogP contribution in [0.4, 0.5) is 11.4 Å². The van der Waals surface area contributed by atoms with Gasteiger partial charge in [-0.2, -0.15) is 5.10 Å². The summed E-state index contributed by atoms with van der Waals surface area (Å²) in [6.45, 7) is 4.06. The Hall–Kier alpha value is -2.22. The Bertz CT molecular complexity index is 727. The van der Waals surface area contributed by atoms with Crippen LogP contribution in [0.5, 0.6) is 0 Å². The summed E-state index contributed by atoms with van der Waals surface area (Å²) in [7, 11) is 0. The van der Waals surface area contributed by atoms with Crippen molar-refractivity contribution in [3.05, 3.63) is 50.2 Å². The summed E-state index contributed by atoms with van der Waals surface area (Å²) in [5.74, 6) is -0.294. The Balaban J connectivity index is 2.03. The average molecular weight is 367 g/mol. The predicted molar refractivity (Wildman–Crippen MR) is 85.7 cm³/mol. The quantitative estimate of drug-likeness (QED) is 0.649. The molecule has 0 aliphatic rings. The molecule has 116 valence electrons. The molecule has 2 rings (SSSR count). The summed E-state index contributed by atoms with van der Waals surface area (Å²) < 4.78 is 2.58. The van der Waals surface area contributed by atoms with Crippen LogP contribution in [0.2, 0.25) is 0 Å². The highest BCUT2D eigenvalue weighted by molar-refractivity contribution is 9.10. The number of hydrogen-bond acceptors (Lipinski definition) is 4. The van der Waals surface area contributed by atoms with E-state index < -0.39 is 4.92 Å². The van der Waals surface area contributed by atoms with Gasteiger partial charge in [-0.05, 0) is 41.4 Å². The number of benzene rings is 1. The van der Waals surface area contributed by atoms with Crippen LogP contribution in [0.15, 0.2) is 28.9 Å². The minimum absolute atomic E-state index is 0.105. The van der Waals surface area contributed by atoms with E-state index in [0.717, 1.165) is 15.7 Å². The summed E-state index contributed by atoms with van der Waals surface area (Å²) in [6.07, 6.45) is 1.85. The SMILES string of the molecule is Cc1ccc(NC(=O)CCn2ncc(Br)c2C)c([N+](=O)[O-])c1. The topological polar surface area (TPSA) is 90.1 Å². The fourth-order valence-corrected chi connectivity index (χ4v) is 2.26. The van der Waals surface area contributed by atoms with Gasteiger partial charge in [-0.3, -0.25) is 19.6 Å². The van der Waals surface area contributed by atoms with Gasteiger partial charge >= 0.3 is 0 Å². The Morgan fingerprint density at radius 2 is 2.18 bits per heavy atom. The van der Waals surface area contributed by atoms with Gasteiger partial charge in [0.25, 0.3) is 5.69 Å². The van der Waals surface area contributed by atoms with Crippen LogP contribution in [0, 0.1) is 24.0 Å². The largest absolute Gasteiger partial charge is 0.320 e. The summed E-state index contributed by atoms with van der Waals surface area (Å²) in [5.41, 5.74) is 1.79. The molecular weight excluding hydrogens is 352 g/mol. The number of carbonyl (C=O) groups is 1. The van der Waals surface area contributed by atoms with Crippen molar-refractivity contribution in [2.75, 3.05) is 5.32 Å². The van der Waals surface area contributed by atoms with Gasteiger partial charge in [0, 0.05) is 18.2 Å².